The fourth-order valence-corrected chi connectivity index (χ4v) is 8.84. The van der Waals surface area contributed by atoms with Crippen LogP contribution in [0.1, 0.15) is 67.3 Å². The maximum Gasteiger partial charge on any atom is 0.331 e. The Morgan fingerprint density at radius 3 is 1.85 bits per heavy atom. The molecule has 12 N–H and O–H groups in total. The molecule has 3 aromatic rings. The topological polar surface area (TPSA) is 377 Å². The molecule has 19 atom stereocenters. The van der Waals surface area contributed by atoms with E-state index in [2.05, 4.69) is 0 Å². The Morgan fingerprint density at radius 1 is 0.630 bits per heavy atom. The minimum absolute atomic E-state index is 0.00173. The van der Waals surface area contributed by atoms with Crippen molar-refractivity contribution in [2.45, 2.75) is 157 Å². The number of hydrogen-bond acceptors (Lipinski definition) is 24. The van der Waals surface area contributed by atoms with Crippen LogP contribution in [0.5, 0.6) is 28.7 Å². The predicted molar refractivity (Wildman–Crippen MR) is 243 cm³/mol. The van der Waals surface area contributed by atoms with Gasteiger partial charge in [0.1, 0.15) is 101 Å². The summed E-state index contributed by atoms with van der Waals surface area (Å²) in [6, 6.07) is 12.3. The maximum absolute atomic E-state index is 14.5. The average Bonchev–Trinajstić information content (AvgIpc) is 3.34. The number of ether oxygens (including phenoxy) is 9. The molecule has 24 heteroatoms. The van der Waals surface area contributed by atoms with Gasteiger partial charge in [-0.05, 0) is 68.7 Å². The first-order valence-corrected chi connectivity index (χ1v) is 23.3. The van der Waals surface area contributed by atoms with Gasteiger partial charge in [-0.15, -0.1) is 0 Å². The van der Waals surface area contributed by atoms with Gasteiger partial charge in [0.25, 0.3) is 0 Å². The summed E-state index contributed by atoms with van der Waals surface area (Å²) in [6.45, 7) is 4.53. The molecule has 73 heavy (non-hydrogen) atoms. The number of ketones is 1. The number of aliphatic hydroxyl groups excluding tert-OH is 8. The van der Waals surface area contributed by atoms with E-state index in [0.717, 1.165) is 19.1 Å². The highest BCUT2D eigenvalue weighted by Crippen LogP contribution is 2.48. The summed E-state index contributed by atoms with van der Waals surface area (Å²) in [5.74, 6) is -5.54. The van der Waals surface area contributed by atoms with Gasteiger partial charge in [0.05, 0.1) is 30.5 Å². The number of rotatable bonds is 15. The van der Waals surface area contributed by atoms with Crippen LogP contribution >= 0.6 is 0 Å². The minimum atomic E-state index is -1.98. The molecule has 4 aliphatic heterocycles. The van der Waals surface area contributed by atoms with Crippen molar-refractivity contribution >= 4 is 23.8 Å². The first-order valence-electron chi connectivity index (χ1n) is 23.3. The van der Waals surface area contributed by atoms with Crippen molar-refractivity contribution < 1.29 is 118 Å². The van der Waals surface area contributed by atoms with Crippen LogP contribution in [0.4, 0.5) is 0 Å². The summed E-state index contributed by atoms with van der Waals surface area (Å²) < 4.78 is 52.4. The van der Waals surface area contributed by atoms with E-state index in [1.54, 1.807) is 0 Å². The fourth-order valence-electron chi connectivity index (χ4n) is 8.84. The molecule has 0 amide bonds. The third-order valence-corrected chi connectivity index (χ3v) is 12.9. The van der Waals surface area contributed by atoms with Gasteiger partial charge in [-0.3, -0.25) is 9.59 Å². The zero-order valence-corrected chi connectivity index (χ0v) is 39.7. The Bertz CT molecular complexity index is 2420. The number of carbonyl (C=O) groups is 3. The van der Waals surface area contributed by atoms with E-state index < -0.39 is 176 Å². The number of benzene rings is 3. The van der Waals surface area contributed by atoms with Crippen molar-refractivity contribution in [2.75, 3.05) is 6.61 Å². The Balaban J connectivity index is 1.27. The average molecular weight is 1030 g/mol. The second-order valence-corrected chi connectivity index (χ2v) is 18.2. The zero-order valence-electron chi connectivity index (χ0n) is 39.7. The molecule has 0 radical (unpaired) electrons. The van der Waals surface area contributed by atoms with Gasteiger partial charge >= 0.3 is 11.9 Å². The van der Waals surface area contributed by atoms with E-state index in [4.69, 9.17) is 42.6 Å². The first-order chi connectivity index (χ1) is 34.5. The van der Waals surface area contributed by atoms with Crippen LogP contribution in [-0.2, 0) is 53.9 Å². The SMILES string of the molecule is CC(=O)OC1C(OC2C(C)OC(Oc3cc(O)c(C4OCC(O)C(O)C4OC4OC(C)C(O)C(O)C4O)c(O)c3C(=O)CCc3ccc(O)cc3)C(OC(=O)C=Cc3ccc(O)cc3)C2O)OC(C)C(O)C1O. The lowest BCUT2D eigenvalue weighted by atomic mass is 9.89. The quantitative estimate of drug-likeness (QED) is 0.0505. The molecule has 7 rings (SSSR count). The third kappa shape index (κ3) is 12.4. The van der Waals surface area contributed by atoms with Crippen LogP contribution in [-0.4, -0.2) is 196 Å². The third-order valence-electron chi connectivity index (χ3n) is 12.9. The van der Waals surface area contributed by atoms with Gasteiger partial charge in [0.15, 0.2) is 30.6 Å². The summed E-state index contributed by atoms with van der Waals surface area (Å²) in [7, 11) is 0. The van der Waals surface area contributed by atoms with Gasteiger partial charge in [0.2, 0.25) is 6.29 Å². The second kappa shape index (κ2) is 23.3. The highest BCUT2D eigenvalue weighted by atomic mass is 16.8. The molecular formula is C49H60O24. The van der Waals surface area contributed by atoms with Gasteiger partial charge < -0.3 is 104 Å². The maximum atomic E-state index is 14.5. The van der Waals surface area contributed by atoms with Crippen molar-refractivity contribution in [3.63, 3.8) is 0 Å². The smallest absolute Gasteiger partial charge is 0.331 e. The number of phenols is 4. The standard InChI is InChI=1S/C49H60O24/c1-19-34(57)38(61)40(63)47(66-19)73-44-36(59)29(55)18-65-43(44)33-28(54)17-30(32(37(33)60)27(53)15-9-23-5-11-25(51)12-6-23)70-48-46(71-31(56)16-10-24-7-13-26(52)14-8-24)41(64)42(21(3)68-48)72-49-45(69-22(4)50)39(62)35(58)20(2)67-49/h5-8,10-14,16-17,19-21,29,34-36,38-49,51-52,54-55,57-64H,9,15,18H2,1-4H3. The van der Waals surface area contributed by atoms with E-state index in [1.165, 1.54) is 75.4 Å². The number of aliphatic hydroxyl groups is 8. The van der Waals surface area contributed by atoms with Crippen molar-refractivity contribution in [1.29, 1.82) is 0 Å². The first kappa shape index (κ1) is 55.2. The Kier molecular flexibility index (Phi) is 17.6. The lowest BCUT2D eigenvalue weighted by molar-refractivity contribution is -0.346. The molecule has 0 spiro atoms. The number of carbonyl (C=O) groups excluding carboxylic acids is 3. The largest absolute Gasteiger partial charge is 0.508 e. The Morgan fingerprint density at radius 2 is 1.21 bits per heavy atom. The molecule has 4 heterocycles. The predicted octanol–water partition coefficient (Wildman–Crippen LogP) is -0.776. The second-order valence-electron chi connectivity index (χ2n) is 18.2. The molecule has 24 nitrogen and oxygen atoms in total. The van der Waals surface area contributed by atoms with E-state index >= 15 is 0 Å². The van der Waals surface area contributed by atoms with E-state index in [9.17, 15) is 75.7 Å². The fraction of sp³-hybridized carbons (Fsp3) is 0.531. The lowest BCUT2D eigenvalue weighted by Gasteiger charge is -2.46. The van der Waals surface area contributed by atoms with Crippen LogP contribution in [0.2, 0.25) is 0 Å². The number of hydrogen-bond donors (Lipinski definition) is 12. The number of Topliss-reactive ketones (excluding diaryl/α,β-unsaturated/α-hetero) is 1. The summed E-state index contributed by atoms with van der Waals surface area (Å²) in [5.41, 5.74) is -0.287. The normalized spacial score (nSPS) is 35.8. The Hall–Kier alpha value is -5.55. The van der Waals surface area contributed by atoms with Gasteiger partial charge in [-0.1, -0.05) is 24.3 Å². The molecular weight excluding hydrogens is 973 g/mol. The molecule has 0 aliphatic carbocycles. The van der Waals surface area contributed by atoms with Gasteiger partial charge in [0, 0.05) is 25.5 Å². The number of aryl methyl sites for hydroxylation is 1. The minimum Gasteiger partial charge on any atom is -0.508 e. The molecule has 19 unspecified atom stereocenters. The molecule has 4 saturated heterocycles. The van der Waals surface area contributed by atoms with E-state index in [0.29, 0.717) is 11.1 Å². The summed E-state index contributed by atoms with van der Waals surface area (Å²) >= 11 is 0. The number of aromatic hydroxyl groups is 4. The molecule has 0 saturated carbocycles. The lowest BCUT2D eigenvalue weighted by Crippen LogP contribution is -2.64. The molecule has 4 fully saturated rings. The van der Waals surface area contributed by atoms with E-state index in [1.807, 2.05) is 0 Å². The van der Waals surface area contributed by atoms with E-state index in [-0.39, 0.29) is 17.9 Å². The summed E-state index contributed by atoms with van der Waals surface area (Å²) in [5, 5.41) is 131. The van der Waals surface area contributed by atoms with Gasteiger partial charge in [-0.25, -0.2) is 4.79 Å². The van der Waals surface area contributed by atoms with Crippen molar-refractivity contribution in [1.82, 2.24) is 0 Å². The van der Waals surface area contributed by atoms with Crippen molar-refractivity contribution in [3.8, 4) is 28.7 Å². The molecule has 0 bridgehead atoms. The van der Waals surface area contributed by atoms with Crippen LogP contribution in [0.25, 0.3) is 6.08 Å². The van der Waals surface area contributed by atoms with Crippen molar-refractivity contribution in [3.05, 3.63) is 82.9 Å². The van der Waals surface area contributed by atoms with Crippen LogP contribution in [0, 0.1) is 0 Å². The molecule has 4 aliphatic rings. The highest BCUT2D eigenvalue weighted by Gasteiger charge is 2.54. The molecule has 3 aromatic carbocycles. The monoisotopic (exact) mass is 1030 g/mol. The van der Waals surface area contributed by atoms with Crippen LogP contribution in [0.15, 0.2) is 60.7 Å². The van der Waals surface area contributed by atoms with Gasteiger partial charge in [-0.2, -0.15) is 0 Å². The number of phenolic OH excluding ortho intramolecular Hbond substituents is 4. The zero-order chi connectivity index (χ0) is 53.2. The van der Waals surface area contributed by atoms with Crippen LogP contribution < -0.4 is 4.74 Å². The van der Waals surface area contributed by atoms with Crippen molar-refractivity contribution in [2.24, 2.45) is 0 Å². The molecule has 0 aromatic heterocycles. The van der Waals surface area contributed by atoms with Crippen LogP contribution in [0.3, 0.4) is 0 Å². The Labute approximate surface area is 416 Å². The molecule has 400 valence electrons. The summed E-state index contributed by atoms with van der Waals surface area (Å²) in [4.78, 5) is 40.2. The number of esters is 2. The highest BCUT2D eigenvalue weighted by molar-refractivity contribution is 6.02. The summed E-state index contributed by atoms with van der Waals surface area (Å²) in [6.07, 6.45) is -29.9.